The van der Waals surface area contributed by atoms with E-state index < -0.39 is 0 Å². The van der Waals surface area contributed by atoms with Crippen molar-refractivity contribution in [2.24, 2.45) is 0 Å². The summed E-state index contributed by atoms with van der Waals surface area (Å²) in [7, 11) is 3.39. The third-order valence-corrected chi connectivity index (χ3v) is 4.19. The van der Waals surface area contributed by atoms with Crippen LogP contribution in [0.4, 0.5) is 16.2 Å². The molecule has 0 unspecified atom stereocenters. The normalized spacial score (nSPS) is 10.2. The lowest BCUT2D eigenvalue weighted by Crippen LogP contribution is -2.23. The summed E-state index contributed by atoms with van der Waals surface area (Å²) in [5.41, 5.74) is 2.75. The number of benzene rings is 2. The Morgan fingerprint density at radius 1 is 1.04 bits per heavy atom. The zero-order chi connectivity index (χ0) is 17.7. The number of aryl methyl sites for hydroxylation is 1. The van der Waals surface area contributed by atoms with Crippen LogP contribution in [0.2, 0.25) is 0 Å². The van der Waals surface area contributed by atoms with Crippen molar-refractivity contribution in [3.05, 3.63) is 53.6 Å². The van der Waals surface area contributed by atoms with Crippen LogP contribution in [-0.4, -0.2) is 37.2 Å². The molecule has 0 atom stereocenters. The van der Waals surface area contributed by atoms with Crippen molar-refractivity contribution >= 4 is 35.1 Å². The summed E-state index contributed by atoms with van der Waals surface area (Å²) in [6, 6.07) is 12.5. The first-order valence-electron chi connectivity index (χ1n) is 7.45. The van der Waals surface area contributed by atoms with E-state index in [0.717, 1.165) is 16.1 Å². The Labute approximate surface area is 146 Å². The lowest BCUT2D eigenvalue weighted by atomic mass is 10.1. The van der Waals surface area contributed by atoms with Gasteiger partial charge in [0.15, 0.2) is 0 Å². The predicted molar refractivity (Wildman–Crippen MR) is 100 cm³/mol. The van der Waals surface area contributed by atoms with E-state index in [1.54, 1.807) is 38.0 Å². The Kier molecular flexibility index (Phi) is 5.87. The highest BCUT2D eigenvalue weighted by molar-refractivity contribution is 7.98. The number of urea groups is 1. The third kappa shape index (κ3) is 4.52. The van der Waals surface area contributed by atoms with Crippen molar-refractivity contribution < 1.29 is 9.59 Å². The Morgan fingerprint density at radius 2 is 1.79 bits per heavy atom. The van der Waals surface area contributed by atoms with Gasteiger partial charge in [-0.3, -0.25) is 4.79 Å². The summed E-state index contributed by atoms with van der Waals surface area (Å²) in [5, 5.41) is 5.61. The third-order valence-electron chi connectivity index (χ3n) is 3.47. The van der Waals surface area contributed by atoms with Crippen LogP contribution < -0.4 is 10.6 Å². The van der Waals surface area contributed by atoms with E-state index in [1.807, 2.05) is 43.5 Å². The highest BCUT2D eigenvalue weighted by Crippen LogP contribution is 2.21. The van der Waals surface area contributed by atoms with Crippen LogP contribution in [0.1, 0.15) is 15.9 Å². The molecule has 5 nitrogen and oxygen atoms in total. The number of hydrogen-bond donors (Lipinski definition) is 2. The van der Waals surface area contributed by atoms with Gasteiger partial charge in [-0.2, -0.15) is 0 Å². The zero-order valence-corrected chi connectivity index (χ0v) is 15.0. The Morgan fingerprint density at radius 3 is 2.46 bits per heavy atom. The number of nitrogens with one attached hydrogen (secondary N) is 2. The summed E-state index contributed by atoms with van der Waals surface area (Å²) in [4.78, 5) is 26.8. The Hall–Kier alpha value is -2.47. The summed E-state index contributed by atoms with van der Waals surface area (Å²) >= 11 is 1.61. The van der Waals surface area contributed by atoms with Crippen LogP contribution in [0, 0.1) is 6.92 Å². The van der Waals surface area contributed by atoms with E-state index in [9.17, 15) is 9.59 Å². The van der Waals surface area contributed by atoms with Crippen molar-refractivity contribution in [2.75, 3.05) is 31.0 Å². The minimum Gasteiger partial charge on any atom is -0.345 e. The summed E-state index contributed by atoms with van der Waals surface area (Å²) < 4.78 is 0. The summed E-state index contributed by atoms with van der Waals surface area (Å²) in [6.07, 6.45) is 1.98. The standard InChI is InChI=1S/C18H21N3O2S/c1-12-8-9-13(17(22)21(2)3)10-16(12)20-18(23)19-14-6-5-7-15(11-14)24-4/h5-11H,1-4H3,(H2,19,20,23). The van der Waals surface area contributed by atoms with E-state index in [0.29, 0.717) is 11.3 Å². The number of nitrogens with zero attached hydrogens (tertiary/aromatic N) is 1. The molecule has 0 saturated heterocycles. The first kappa shape index (κ1) is 17.9. The number of anilines is 2. The molecule has 0 spiro atoms. The topological polar surface area (TPSA) is 61.4 Å². The highest BCUT2D eigenvalue weighted by Gasteiger charge is 2.11. The summed E-state index contributed by atoms with van der Waals surface area (Å²) in [5.74, 6) is -0.105. The molecule has 24 heavy (non-hydrogen) atoms. The molecule has 6 heteroatoms. The first-order chi connectivity index (χ1) is 11.4. The van der Waals surface area contributed by atoms with E-state index in [2.05, 4.69) is 10.6 Å². The number of thioether (sulfide) groups is 1. The van der Waals surface area contributed by atoms with Crippen molar-refractivity contribution in [2.45, 2.75) is 11.8 Å². The quantitative estimate of drug-likeness (QED) is 0.823. The lowest BCUT2D eigenvalue weighted by molar-refractivity contribution is 0.0827. The average Bonchev–Trinajstić information content (AvgIpc) is 2.56. The molecule has 3 amide bonds. The van der Waals surface area contributed by atoms with Crippen molar-refractivity contribution in [1.29, 1.82) is 0 Å². The molecular formula is C18H21N3O2S. The lowest BCUT2D eigenvalue weighted by Gasteiger charge is -2.14. The van der Waals surface area contributed by atoms with Gasteiger partial charge in [0.1, 0.15) is 0 Å². The minimum atomic E-state index is -0.342. The zero-order valence-electron chi connectivity index (χ0n) is 14.2. The van der Waals surface area contributed by atoms with E-state index in [1.165, 1.54) is 4.90 Å². The molecule has 0 aliphatic rings. The maximum atomic E-state index is 12.2. The molecule has 0 aliphatic carbocycles. The van der Waals surface area contributed by atoms with Gasteiger partial charge >= 0.3 is 6.03 Å². The van der Waals surface area contributed by atoms with E-state index in [4.69, 9.17) is 0 Å². The van der Waals surface area contributed by atoms with Gasteiger partial charge in [-0.15, -0.1) is 11.8 Å². The molecule has 126 valence electrons. The monoisotopic (exact) mass is 343 g/mol. The van der Waals surface area contributed by atoms with Gasteiger partial charge in [-0.05, 0) is 49.1 Å². The molecule has 2 rings (SSSR count). The molecule has 0 bridgehead atoms. The molecule has 0 radical (unpaired) electrons. The smallest absolute Gasteiger partial charge is 0.323 e. The fraction of sp³-hybridized carbons (Fsp3) is 0.222. The van der Waals surface area contributed by atoms with Crippen LogP contribution in [0.3, 0.4) is 0 Å². The second-order valence-electron chi connectivity index (χ2n) is 5.54. The number of carbonyl (C=O) groups excluding carboxylic acids is 2. The Balaban J connectivity index is 2.13. The highest BCUT2D eigenvalue weighted by atomic mass is 32.2. The Bertz CT molecular complexity index is 760. The van der Waals surface area contributed by atoms with E-state index in [-0.39, 0.29) is 11.9 Å². The van der Waals surface area contributed by atoms with Gasteiger partial charge in [0.05, 0.1) is 0 Å². The average molecular weight is 343 g/mol. The van der Waals surface area contributed by atoms with Crippen LogP contribution in [0.25, 0.3) is 0 Å². The fourth-order valence-corrected chi connectivity index (χ4v) is 2.59. The molecule has 2 aromatic carbocycles. The molecule has 0 aliphatic heterocycles. The predicted octanol–water partition coefficient (Wildman–Crippen LogP) is 4.06. The SMILES string of the molecule is CSc1cccc(NC(=O)Nc2cc(C(=O)N(C)C)ccc2C)c1. The molecule has 2 aromatic rings. The van der Waals surface area contributed by atoms with Gasteiger partial charge < -0.3 is 15.5 Å². The second-order valence-corrected chi connectivity index (χ2v) is 6.42. The van der Waals surface area contributed by atoms with Crippen molar-refractivity contribution in [3.63, 3.8) is 0 Å². The van der Waals surface area contributed by atoms with Crippen molar-refractivity contribution in [1.82, 2.24) is 4.90 Å². The maximum absolute atomic E-state index is 12.2. The number of hydrogen-bond acceptors (Lipinski definition) is 3. The second kappa shape index (κ2) is 7.88. The van der Waals surface area contributed by atoms with Gasteiger partial charge in [-0.25, -0.2) is 4.79 Å². The van der Waals surface area contributed by atoms with Crippen molar-refractivity contribution in [3.8, 4) is 0 Å². The van der Waals surface area contributed by atoms with Crippen LogP contribution >= 0.6 is 11.8 Å². The van der Waals surface area contributed by atoms with E-state index >= 15 is 0 Å². The molecule has 2 N–H and O–H groups in total. The van der Waals surface area contributed by atoms with Gasteiger partial charge in [0.25, 0.3) is 5.91 Å². The largest absolute Gasteiger partial charge is 0.345 e. The number of amides is 3. The minimum absolute atomic E-state index is 0.105. The summed E-state index contributed by atoms with van der Waals surface area (Å²) in [6.45, 7) is 1.88. The number of rotatable bonds is 4. The van der Waals surface area contributed by atoms with Gasteiger partial charge in [-0.1, -0.05) is 12.1 Å². The molecule has 0 aromatic heterocycles. The number of carbonyl (C=O) groups is 2. The van der Waals surface area contributed by atoms with Gasteiger partial charge in [0, 0.05) is 35.9 Å². The van der Waals surface area contributed by atoms with Crippen LogP contribution in [-0.2, 0) is 0 Å². The van der Waals surface area contributed by atoms with Crippen LogP contribution in [0.15, 0.2) is 47.4 Å². The fourth-order valence-electron chi connectivity index (χ4n) is 2.13. The molecule has 0 fully saturated rings. The first-order valence-corrected chi connectivity index (χ1v) is 8.67. The van der Waals surface area contributed by atoms with Gasteiger partial charge in [0.2, 0.25) is 0 Å². The molecule has 0 heterocycles. The molecule has 0 saturated carbocycles. The maximum Gasteiger partial charge on any atom is 0.323 e. The molecular weight excluding hydrogens is 322 g/mol. The van der Waals surface area contributed by atoms with Crippen LogP contribution in [0.5, 0.6) is 0 Å².